The Balaban J connectivity index is 3.75. The lowest BCUT2D eigenvalue weighted by atomic mass is 10.8. The largest absolute Gasteiger partial charge is 0.422 e. The molecule has 56 valence electrons. The van der Waals surface area contributed by atoms with Crippen LogP contribution < -0.4 is 0 Å². The standard InChI is InChI=1S/C5H11F3P/c1-9(2,3)4-5(6,7)8/h4H2,1-3H3/q+1. The van der Waals surface area contributed by atoms with Crippen LogP contribution in [0.3, 0.4) is 0 Å². The molecule has 0 rings (SSSR count). The van der Waals surface area contributed by atoms with Crippen LogP contribution in [0.25, 0.3) is 0 Å². The lowest BCUT2D eigenvalue weighted by Gasteiger charge is -2.13. The molecular weight excluding hydrogens is 148 g/mol. The minimum absolute atomic E-state index is 0.597. The van der Waals surface area contributed by atoms with Gasteiger partial charge in [0.15, 0.2) is 6.16 Å². The van der Waals surface area contributed by atoms with Gasteiger partial charge in [0.05, 0.1) is 0 Å². The zero-order valence-corrected chi connectivity index (χ0v) is 6.68. The van der Waals surface area contributed by atoms with E-state index >= 15 is 0 Å². The van der Waals surface area contributed by atoms with E-state index in [1.54, 1.807) is 20.0 Å². The normalized spacial score (nSPS) is 14.0. The van der Waals surface area contributed by atoms with Gasteiger partial charge in [-0.1, -0.05) is 0 Å². The molecule has 0 unspecified atom stereocenters. The van der Waals surface area contributed by atoms with Gasteiger partial charge in [0, 0.05) is 27.3 Å². The van der Waals surface area contributed by atoms with Gasteiger partial charge in [-0.2, -0.15) is 13.2 Å². The van der Waals surface area contributed by atoms with Crippen molar-refractivity contribution in [1.29, 1.82) is 0 Å². The fourth-order valence-electron chi connectivity index (χ4n) is 0.538. The van der Waals surface area contributed by atoms with Gasteiger partial charge in [-0.05, 0) is 0 Å². The molecule has 0 atom stereocenters. The summed E-state index contributed by atoms with van der Waals surface area (Å²) < 4.78 is 34.7. The molecule has 0 aromatic rings. The number of alkyl halides is 3. The number of rotatable bonds is 1. The maximum absolute atomic E-state index is 11.6. The van der Waals surface area contributed by atoms with Crippen LogP contribution in [0.15, 0.2) is 0 Å². The maximum atomic E-state index is 11.6. The molecule has 0 aliphatic rings. The average Bonchev–Trinajstić information content (AvgIpc) is 1.14. The van der Waals surface area contributed by atoms with Crippen molar-refractivity contribution in [2.24, 2.45) is 0 Å². The lowest BCUT2D eigenvalue weighted by molar-refractivity contribution is -0.106. The van der Waals surface area contributed by atoms with Crippen LogP contribution >= 0.6 is 7.26 Å². The summed E-state index contributed by atoms with van der Waals surface area (Å²) in [5.74, 6) is 0. The van der Waals surface area contributed by atoms with Gasteiger partial charge in [-0.15, -0.1) is 0 Å². The van der Waals surface area contributed by atoms with Crippen LogP contribution in [0.4, 0.5) is 13.2 Å². The Kier molecular flexibility index (Phi) is 2.51. The van der Waals surface area contributed by atoms with Gasteiger partial charge in [0.1, 0.15) is 0 Å². The molecule has 0 aliphatic heterocycles. The molecule has 0 heterocycles. The number of halogens is 3. The molecule has 0 fully saturated rings. The highest BCUT2D eigenvalue weighted by molar-refractivity contribution is 7.73. The van der Waals surface area contributed by atoms with E-state index in [9.17, 15) is 13.2 Å². The fourth-order valence-corrected chi connectivity index (χ4v) is 1.61. The summed E-state index contributed by atoms with van der Waals surface area (Å²) in [6.45, 7) is 5.04. The van der Waals surface area contributed by atoms with Crippen LogP contribution in [0.2, 0.25) is 0 Å². The molecule has 0 aliphatic carbocycles. The molecule has 0 bridgehead atoms. The summed E-state index contributed by atoms with van der Waals surface area (Å²) in [5, 5.41) is 0. The Morgan fingerprint density at radius 1 is 1.11 bits per heavy atom. The molecule has 0 nitrogen and oxygen atoms in total. The smallest absolute Gasteiger partial charge is 0.167 e. The van der Waals surface area contributed by atoms with E-state index < -0.39 is 19.6 Å². The first kappa shape index (κ1) is 9.22. The summed E-state index contributed by atoms with van der Waals surface area (Å²) in [6.07, 6.45) is -4.56. The van der Waals surface area contributed by atoms with Crippen molar-refractivity contribution in [3.8, 4) is 0 Å². The first-order valence-corrected chi connectivity index (χ1v) is 5.89. The maximum Gasteiger partial charge on any atom is 0.422 e. The summed E-state index contributed by atoms with van der Waals surface area (Å²) in [5.41, 5.74) is 0. The molecule has 9 heavy (non-hydrogen) atoms. The molecule has 0 spiro atoms. The lowest BCUT2D eigenvalue weighted by Crippen LogP contribution is -2.15. The Morgan fingerprint density at radius 3 is 1.44 bits per heavy atom. The first-order valence-electron chi connectivity index (χ1n) is 2.58. The van der Waals surface area contributed by atoms with Crippen molar-refractivity contribution in [1.82, 2.24) is 0 Å². The van der Waals surface area contributed by atoms with Crippen molar-refractivity contribution in [3.05, 3.63) is 0 Å². The molecular formula is C5H11F3P+. The van der Waals surface area contributed by atoms with E-state index in [-0.39, 0.29) is 0 Å². The van der Waals surface area contributed by atoms with E-state index in [4.69, 9.17) is 0 Å². The van der Waals surface area contributed by atoms with E-state index in [0.29, 0.717) is 0 Å². The minimum Gasteiger partial charge on any atom is -0.167 e. The highest BCUT2D eigenvalue weighted by Crippen LogP contribution is 2.50. The molecule has 0 radical (unpaired) electrons. The fraction of sp³-hybridized carbons (Fsp3) is 1.00. The molecule has 0 saturated carbocycles. The van der Waals surface area contributed by atoms with Gasteiger partial charge in [-0.3, -0.25) is 0 Å². The van der Waals surface area contributed by atoms with Crippen molar-refractivity contribution in [2.75, 3.05) is 26.2 Å². The summed E-state index contributed by atoms with van der Waals surface area (Å²) in [6, 6.07) is 0. The quantitative estimate of drug-likeness (QED) is 0.515. The van der Waals surface area contributed by atoms with E-state index in [1.807, 2.05) is 0 Å². The van der Waals surface area contributed by atoms with Crippen molar-refractivity contribution in [2.45, 2.75) is 6.18 Å². The van der Waals surface area contributed by atoms with Crippen LogP contribution in [0.5, 0.6) is 0 Å². The average molecular weight is 159 g/mol. The van der Waals surface area contributed by atoms with Crippen molar-refractivity contribution >= 4 is 7.26 Å². The molecule has 0 aromatic heterocycles. The number of hydrogen-bond donors (Lipinski definition) is 0. The topological polar surface area (TPSA) is 0 Å². The third kappa shape index (κ3) is 8.22. The summed E-state index contributed by atoms with van der Waals surface area (Å²) in [7, 11) is -1.66. The molecule has 0 N–H and O–H groups in total. The molecule has 4 heteroatoms. The third-order valence-electron chi connectivity index (χ3n) is 0.654. The summed E-state index contributed by atoms with van der Waals surface area (Å²) in [4.78, 5) is 0. The van der Waals surface area contributed by atoms with Crippen molar-refractivity contribution < 1.29 is 13.2 Å². The van der Waals surface area contributed by atoms with Gasteiger partial charge < -0.3 is 0 Å². The van der Waals surface area contributed by atoms with Crippen LogP contribution in [0, 0.1) is 0 Å². The molecule has 0 saturated heterocycles. The number of hydrogen-bond acceptors (Lipinski definition) is 0. The van der Waals surface area contributed by atoms with Gasteiger partial charge in [-0.25, -0.2) is 0 Å². The van der Waals surface area contributed by atoms with Gasteiger partial charge >= 0.3 is 6.18 Å². The monoisotopic (exact) mass is 159 g/mol. The predicted molar refractivity (Wildman–Crippen MR) is 35.6 cm³/mol. The Hall–Kier alpha value is 0.220. The third-order valence-corrected chi connectivity index (χ3v) is 1.96. The van der Waals surface area contributed by atoms with Crippen LogP contribution in [-0.4, -0.2) is 32.3 Å². The summed E-state index contributed by atoms with van der Waals surface area (Å²) >= 11 is 0. The second-order valence-corrected chi connectivity index (χ2v) is 7.96. The minimum atomic E-state index is -3.97. The van der Waals surface area contributed by atoms with E-state index in [0.717, 1.165) is 0 Å². The Bertz CT molecular complexity index is 77.4. The highest BCUT2D eigenvalue weighted by Gasteiger charge is 2.38. The first-order chi connectivity index (χ1) is 3.71. The zero-order chi connectivity index (χ0) is 7.71. The van der Waals surface area contributed by atoms with Gasteiger partial charge in [0.2, 0.25) is 0 Å². The SMILES string of the molecule is C[P+](C)(C)CC(F)(F)F. The molecule has 0 aromatic carbocycles. The van der Waals surface area contributed by atoms with Crippen molar-refractivity contribution in [3.63, 3.8) is 0 Å². The van der Waals surface area contributed by atoms with E-state index in [1.165, 1.54) is 0 Å². The second-order valence-electron chi connectivity index (χ2n) is 3.06. The molecule has 0 amide bonds. The van der Waals surface area contributed by atoms with E-state index in [2.05, 4.69) is 0 Å². The Morgan fingerprint density at radius 2 is 1.44 bits per heavy atom. The Labute approximate surface area is 53.8 Å². The van der Waals surface area contributed by atoms with Gasteiger partial charge in [0.25, 0.3) is 0 Å². The predicted octanol–water partition coefficient (Wildman–Crippen LogP) is 2.46. The zero-order valence-electron chi connectivity index (χ0n) is 5.79. The second kappa shape index (κ2) is 2.45. The highest BCUT2D eigenvalue weighted by atomic mass is 31.2. The van der Waals surface area contributed by atoms with Crippen LogP contribution in [0.1, 0.15) is 0 Å². The van der Waals surface area contributed by atoms with Crippen LogP contribution in [-0.2, 0) is 0 Å².